The smallest absolute Gasteiger partial charge is 0.328 e. The van der Waals surface area contributed by atoms with Crippen LogP contribution in [0.1, 0.15) is 6.42 Å². The molecule has 0 bridgehead atoms. The summed E-state index contributed by atoms with van der Waals surface area (Å²) in [6, 6.07) is -1.22. The molecule has 0 aliphatic rings. The van der Waals surface area contributed by atoms with Gasteiger partial charge in [0.1, 0.15) is 6.04 Å². The molecule has 3 N–H and O–H groups in total. The van der Waals surface area contributed by atoms with Crippen molar-refractivity contribution in [1.29, 1.82) is 0 Å². The van der Waals surface area contributed by atoms with Gasteiger partial charge in [-0.15, -0.1) is 6.58 Å². The lowest BCUT2D eigenvalue weighted by molar-refractivity contribution is -0.142. The van der Waals surface area contributed by atoms with Crippen LogP contribution in [0.15, 0.2) is 12.7 Å². The van der Waals surface area contributed by atoms with Gasteiger partial charge in [-0.05, 0) is 0 Å². The van der Waals surface area contributed by atoms with Crippen LogP contribution in [-0.4, -0.2) is 34.7 Å². The van der Waals surface area contributed by atoms with E-state index in [0.29, 0.717) is 0 Å². The van der Waals surface area contributed by atoms with Crippen molar-refractivity contribution < 1.29 is 19.8 Å². The van der Waals surface area contributed by atoms with Crippen LogP contribution in [0.25, 0.3) is 0 Å². The first kappa shape index (κ1) is 10.6. The summed E-state index contributed by atoms with van der Waals surface area (Å²) in [5.41, 5.74) is 0. The Balaban J connectivity index is 3.93. The Labute approximate surface area is 69.7 Å². The molecule has 0 aromatic heterocycles. The number of aliphatic hydroxyl groups excluding tert-OH is 1. The highest BCUT2D eigenvalue weighted by Gasteiger charge is 2.17. The second-order valence-electron chi connectivity index (χ2n) is 2.13. The van der Waals surface area contributed by atoms with E-state index < -0.39 is 24.5 Å². The summed E-state index contributed by atoms with van der Waals surface area (Å²) in [6.07, 6.45) is 1.40. The second-order valence-corrected chi connectivity index (χ2v) is 2.13. The average Bonchev–Trinajstić information content (AvgIpc) is 2.00. The number of hydrogen-bond acceptors (Lipinski definition) is 3. The number of amides is 1. The molecule has 68 valence electrons. The summed E-state index contributed by atoms with van der Waals surface area (Å²) < 4.78 is 0. The quantitative estimate of drug-likeness (QED) is 0.471. The van der Waals surface area contributed by atoms with Gasteiger partial charge in [-0.3, -0.25) is 4.79 Å². The van der Waals surface area contributed by atoms with E-state index in [9.17, 15) is 9.59 Å². The summed E-state index contributed by atoms with van der Waals surface area (Å²) in [4.78, 5) is 21.0. The molecule has 5 nitrogen and oxygen atoms in total. The molecule has 0 aliphatic heterocycles. The maximum Gasteiger partial charge on any atom is 0.328 e. The Morgan fingerprint density at radius 1 is 1.58 bits per heavy atom. The lowest BCUT2D eigenvalue weighted by atomic mass is 10.3. The molecular weight excluding hydrogens is 162 g/mol. The summed E-state index contributed by atoms with van der Waals surface area (Å²) >= 11 is 0. The predicted octanol–water partition coefficient (Wildman–Crippen LogP) is -0.876. The number of aliphatic carboxylic acids is 1. The van der Waals surface area contributed by atoms with Crippen molar-refractivity contribution >= 4 is 11.9 Å². The average molecular weight is 173 g/mol. The van der Waals surface area contributed by atoms with E-state index in [1.54, 1.807) is 0 Å². The van der Waals surface area contributed by atoms with Crippen LogP contribution in [0.3, 0.4) is 0 Å². The Bertz CT molecular complexity index is 190. The van der Waals surface area contributed by atoms with Crippen molar-refractivity contribution in [2.45, 2.75) is 12.5 Å². The number of carboxylic acid groups (broad SMARTS) is 1. The normalized spacial score (nSPS) is 11.8. The van der Waals surface area contributed by atoms with Crippen molar-refractivity contribution in [3.05, 3.63) is 12.7 Å². The molecule has 0 spiro atoms. The third-order valence-electron chi connectivity index (χ3n) is 1.15. The zero-order chi connectivity index (χ0) is 9.56. The fourth-order valence-corrected chi connectivity index (χ4v) is 0.570. The SMILES string of the molecule is C=CCC(=O)NC(CO)C(=O)O. The van der Waals surface area contributed by atoms with Crippen molar-refractivity contribution in [2.75, 3.05) is 6.61 Å². The van der Waals surface area contributed by atoms with Gasteiger partial charge in [0, 0.05) is 6.42 Å². The minimum Gasteiger partial charge on any atom is -0.480 e. The zero-order valence-electron chi connectivity index (χ0n) is 6.49. The maximum atomic E-state index is 10.8. The largest absolute Gasteiger partial charge is 0.480 e. The van der Waals surface area contributed by atoms with Gasteiger partial charge in [-0.1, -0.05) is 6.08 Å². The highest BCUT2D eigenvalue weighted by atomic mass is 16.4. The molecule has 0 heterocycles. The number of aliphatic hydroxyl groups is 1. The highest BCUT2D eigenvalue weighted by molar-refractivity contribution is 5.84. The Morgan fingerprint density at radius 2 is 2.17 bits per heavy atom. The lowest BCUT2D eigenvalue weighted by Crippen LogP contribution is -2.43. The third kappa shape index (κ3) is 3.72. The number of hydrogen-bond donors (Lipinski definition) is 3. The van der Waals surface area contributed by atoms with Crippen LogP contribution < -0.4 is 5.32 Å². The molecule has 0 saturated heterocycles. The number of carbonyl (C=O) groups is 2. The van der Waals surface area contributed by atoms with Gasteiger partial charge in [0.25, 0.3) is 0 Å². The fraction of sp³-hybridized carbons (Fsp3) is 0.429. The van der Waals surface area contributed by atoms with Crippen LogP contribution in [0.5, 0.6) is 0 Å². The molecule has 12 heavy (non-hydrogen) atoms. The summed E-state index contributed by atoms with van der Waals surface area (Å²) in [5.74, 6) is -1.72. The molecular formula is C7H11NO4. The molecule has 0 aromatic carbocycles. The van der Waals surface area contributed by atoms with Gasteiger partial charge in [0.05, 0.1) is 6.61 Å². The van der Waals surface area contributed by atoms with Gasteiger partial charge in [0.15, 0.2) is 0 Å². The zero-order valence-corrected chi connectivity index (χ0v) is 6.49. The van der Waals surface area contributed by atoms with Gasteiger partial charge in [-0.2, -0.15) is 0 Å². The first-order valence-corrected chi connectivity index (χ1v) is 3.35. The number of carboxylic acids is 1. The van der Waals surface area contributed by atoms with Gasteiger partial charge >= 0.3 is 5.97 Å². The Kier molecular flexibility index (Phi) is 4.71. The third-order valence-corrected chi connectivity index (χ3v) is 1.15. The maximum absolute atomic E-state index is 10.8. The van der Waals surface area contributed by atoms with Crippen molar-refractivity contribution in [3.63, 3.8) is 0 Å². The van der Waals surface area contributed by atoms with E-state index >= 15 is 0 Å². The number of nitrogens with one attached hydrogen (secondary N) is 1. The van der Waals surface area contributed by atoms with Gasteiger partial charge < -0.3 is 15.5 Å². The fourth-order valence-electron chi connectivity index (χ4n) is 0.570. The molecule has 0 aliphatic carbocycles. The monoisotopic (exact) mass is 173 g/mol. The highest BCUT2D eigenvalue weighted by Crippen LogP contribution is 1.86. The minimum absolute atomic E-state index is 0.0454. The molecule has 0 fully saturated rings. The molecule has 0 rings (SSSR count). The molecule has 5 heteroatoms. The first-order valence-electron chi connectivity index (χ1n) is 3.35. The van der Waals surface area contributed by atoms with Crippen LogP contribution in [0.2, 0.25) is 0 Å². The van der Waals surface area contributed by atoms with Gasteiger partial charge in [0.2, 0.25) is 5.91 Å². The molecule has 1 amide bonds. The van der Waals surface area contributed by atoms with Crippen LogP contribution >= 0.6 is 0 Å². The Morgan fingerprint density at radius 3 is 2.50 bits per heavy atom. The van der Waals surface area contributed by atoms with E-state index in [0.717, 1.165) is 0 Å². The topological polar surface area (TPSA) is 86.6 Å². The molecule has 0 saturated carbocycles. The summed E-state index contributed by atoms with van der Waals surface area (Å²) in [7, 11) is 0. The van der Waals surface area contributed by atoms with E-state index in [2.05, 4.69) is 11.9 Å². The van der Waals surface area contributed by atoms with Crippen LogP contribution in [0, 0.1) is 0 Å². The summed E-state index contributed by atoms with van der Waals surface area (Å²) in [6.45, 7) is 2.69. The van der Waals surface area contributed by atoms with Gasteiger partial charge in [-0.25, -0.2) is 4.79 Å². The van der Waals surface area contributed by atoms with Crippen LogP contribution in [-0.2, 0) is 9.59 Å². The summed E-state index contributed by atoms with van der Waals surface area (Å²) in [5, 5.41) is 19.0. The first-order chi connectivity index (χ1) is 5.61. The minimum atomic E-state index is -1.25. The van der Waals surface area contributed by atoms with Crippen molar-refractivity contribution in [1.82, 2.24) is 5.32 Å². The molecule has 0 aromatic rings. The van der Waals surface area contributed by atoms with E-state index in [1.807, 2.05) is 0 Å². The molecule has 1 unspecified atom stereocenters. The lowest BCUT2D eigenvalue weighted by Gasteiger charge is -2.09. The molecule has 0 radical (unpaired) electrons. The van der Waals surface area contributed by atoms with E-state index in [4.69, 9.17) is 10.2 Å². The van der Waals surface area contributed by atoms with E-state index in [-0.39, 0.29) is 6.42 Å². The second kappa shape index (κ2) is 5.31. The predicted molar refractivity (Wildman–Crippen MR) is 41.5 cm³/mol. The Hall–Kier alpha value is -1.36. The van der Waals surface area contributed by atoms with E-state index in [1.165, 1.54) is 6.08 Å². The van der Waals surface area contributed by atoms with Crippen molar-refractivity contribution in [2.24, 2.45) is 0 Å². The standard InChI is InChI=1S/C7H11NO4/c1-2-3-6(10)8-5(4-9)7(11)12/h2,5,9H,1,3-4H2,(H,8,10)(H,11,12). The number of rotatable bonds is 5. The molecule has 1 atom stereocenters. The van der Waals surface area contributed by atoms with Crippen LogP contribution in [0.4, 0.5) is 0 Å². The number of carbonyl (C=O) groups excluding carboxylic acids is 1. The van der Waals surface area contributed by atoms with Crippen molar-refractivity contribution in [3.8, 4) is 0 Å².